The molecule has 2 aliphatic rings. The van der Waals surface area contributed by atoms with Gasteiger partial charge in [-0.05, 0) is 33.6 Å². The second-order valence-corrected chi connectivity index (χ2v) is 7.41. The molecule has 3 nitrogen and oxygen atoms in total. The van der Waals surface area contributed by atoms with Gasteiger partial charge in [0, 0.05) is 20.0 Å². The highest BCUT2D eigenvalue weighted by atomic mass is 19.4. The number of aliphatic hydroxyl groups is 2. The van der Waals surface area contributed by atoms with E-state index in [2.05, 4.69) is 0 Å². The summed E-state index contributed by atoms with van der Waals surface area (Å²) in [5.74, 6) is 0. The van der Waals surface area contributed by atoms with Crippen LogP contribution in [0, 0.1) is 5.41 Å². The molecule has 0 atom stereocenters. The highest BCUT2D eigenvalue weighted by molar-refractivity contribution is 5.03. The zero-order valence-corrected chi connectivity index (χ0v) is 16.8. The van der Waals surface area contributed by atoms with Gasteiger partial charge in [0.1, 0.15) is 0 Å². The summed E-state index contributed by atoms with van der Waals surface area (Å²) in [5.41, 5.74) is -3.28. The zero-order chi connectivity index (χ0) is 20.0. The van der Waals surface area contributed by atoms with E-state index < -0.39 is 22.8 Å². The van der Waals surface area contributed by atoms with Gasteiger partial charge in [-0.1, -0.05) is 34.6 Å². The summed E-state index contributed by atoms with van der Waals surface area (Å²) in [6.45, 7) is 14.4. The summed E-state index contributed by atoms with van der Waals surface area (Å²) in [5, 5.41) is 18.4. The number of ether oxygens (including phenoxy) is 1. The molecule has 0 aromatic carbocycles. The van der Waals surface area contributed by atoms with Gasteiger partial charge in [0.25, 0.3) is 0 Å². The van der Waals surface area contributed by atoms with E-state index in [1.165, 1.54) is 6.92 Å². The number of methoxy groups -OCH3 is 1. The SMILES string of the molecule is CC.CC.CC1(O)CC(C)(C(F)(F)F)C1.COC1(C)CC(C)(O)C1. The van der Waals surface area contributed by atoms with Crippen LogP contribution in [0.2, 0.25) is 0 Å². The summed E-state index contributed by atoms with van der Waals surface area (Å²) in [6.07, 6.45) is -3.00. The quantitative estimate of drug-likeness (QED) is 0.686. The van der Waals surface area contributed by atoms with Crippen molar-refractivity contribution < 1.29 is 28.1 Å². The second-order valence-electron chi connectivity index (χ2n) is 7.41. The van der Waals surface area contributed by atoms with Crippen molar-refractivity contribution in [3.8, 4) is 0 Å². The molecule has 0 amide bonds. The molecule has 2 aliphatic carbocycles. The van der Waals surface area contributed by atoms with E-state index in [9.17, 15) is 18.3 Å². The van der Waals surface area contributed by atoms with Crippen LogP contribution in [0.3, 0.4) is 0 Å². The molecule has 0 spiro atoms. The van der Waals surface area contributed by atoms with E-state index in [0.29, 0.717) is 0 Å². The summed E-state index contributed by atoms with van der Waals surface area (Å²) in [7, 11) is 1.69. The van der Waals surface area contributed by atoms with Gasteiger partial charge in [0.15, 0.2) is 0 Å². The maximum atomic E-state index is 12.1. The zero-order valence-electron chi connectivity index (χ0n) is 16.8. The predicted octanol–water partition coefficient (Wildman–Crippen LogP) is 5.09. The Morgan fingerprint density at radius 1 is 0.750 bits per heavy atom. The molecule has 2 saturated carbocycles. The molecule has 24 heavy (non-hydrogen) atoms. The van der Waals surface area contributed by atoms with Gasteiger partial charge >= 0.3 is 6.18 Å². The number of hydrogen-bond acceptors (Lipinski definition) is 3. The second kappa shape index (κ2) is 8.86. The molecule has 6 heteroatoms. The molecule has 0 aliphatic heterocycles. The Kier molecular flexibility index (Phi) is 9.56. The van der Waals surface area contributed by atoms with Gasteiger partial charge in [-0.15, -0.1) is 0 Å². The van der Waals surface area contributed by atoms with Gasteiger partial charge in [-0.2, -0.15) is 13.2 Å². The fourth-order valence-corrected chi connectivity index (χ4v) is 3.53. The molecule has 0 heterocycles. The van der Waals surface area contributed by atoms with E-state index in [-0.39, 0.29) is 18.4 Å². The molecule has 0 saturated heterocycles. The Labute approximate surface area is 145 Å². The van der Waals surface area contributed by atoms with Gasteiger partial charge < -0.3 is 14.9 Å². The first-order chi connectivity index (χ1) is 10.6. The lowest BCUT2D eigenvalue weighted by atomic mass is 9.60. The predicted molar refractivity (Wildman–Crippen MR) is 92.0 cm³/mol. The lowest BCUT2D eigenvalue weighted by Gasteiger charge is -2.50. The van der Waals surface area contributed by atoms with Crippen LogP contribution in [0.15, 0.2) is 0 Å². The van der Waals surface area contributed by atoms with Crippen molar-refractivity contribution in [2.45, 2.75) is 104 Å². The minimum absolute atomic E-state index is 0.0521. The van der Waals surface area contributed by atoms with Crippen molar-refractivity contribution in [3.05, 3.63) is 0 Å². The molecular weight excluding hydrogens is 321 g/mol. The van der Waals surface area contributed by atoms with Crippen LogP contribution in [0.5, 0.6) is 0 Å². The highest BCUT2D eigenvalue weighted by Gasteiger charge is 2.62. The van der Waals surface area contributed by atoms with Crippen molar-refractivity contribution in [3.63, 3.8) is 0 Å². The van der Waals surface area contributed by atoms with Crippen LogP contribution < -0.4 is 0 Å². The highest BCUT2D eigenvalue weighted by Crippen LogP contribution is 2.57. The molecule has 148 valence electrons. The lowest BCUT2D eigenvalue weighted by molar-refractivity contribution is -0.286. The normalized spacial score (nSPS) is 40.2. The third kappa shape index (κ3) is 7.28. The molecule has 2 fully saturated rings. The first kappa shape index (κ1) is 25.9. The topological polar surface area (TPSA) is 49.7 Å². The fraction of sp³-hybridized carbons (Fsp3) is 1.00. The maximum Gasteiger partial charge on any atom is 0.394 e. The van der Waals surface area contributed by atoms with Crippen LogP contribution in [0.1, 0.15) is 81.1 Å². The van der Waals surface area contributed by atoms with Crippen molar-refractivity contribution in [1.82, 2.24) is 0 Å². The number of alkyl halides is 3. The fourth-order valence-electron chi connectivity index (χ4n) is 3.53. The van der Waals surface area contributed by atoms with Crippen molar-refractivity contribution in [1.29, 1.82) is 0 Å². The van der Waals surface area contributed by atoms with Crippen LogP contribution in [-0.4, -0.2) is 40.3 Å². The summed E-state index contributed by atoms with van der Waals surface area (Å²) in [6, 6.07) is 0. The summed E-state index contributed by atoms with van der Waals surface area (Å²) >= 11 is 0. The molecular formula is C18H37F3O3. The molecule has 0 bridgehead atoms. The summed E-state index contributed by atoms with van der Waals surface area (Å²) < 4.78 is 41.5. The van der Waals surface area contributed by atoms with Crippen molar-refractivity contribution >= 4 is 0 Å². The number of rotatable bonds is 1. The van der Waals surface area contributed by atoms with E-state index in [0.717, 1.165) is 19.8 Å². The van der Waals surface area contributed by atoms with Crippen LogP contribution in [0.4, 0.5) is 13.2 Å². The van der Waals surface area contributed by atoms with Crippen LogP contribution >= 0.6 is 0 Å². The van der Waals surface area contributed by atoms with Crippen molar-refractivity contribution in [2.75, 3.05) is 7.11 Å². The molecule has 0 aromatic heterocycles. The average molecular weight is 358 g/mol. The van der Waals surface area contributed by atoms with E-state index in [1.54, 1.807) is 7.11 Å². The summed E-state index contributed by atoms with van der Waals surface area (Å²) in [4.78, 5) is 0. The van der Waals surface area contributed by atoms with Gasteiger partial charge in [-0.3, -0.25) is 0 Å². The minimum atomic E-state index is -4.17. The third-order valence-electron chi connectivity index (χ3n) is 4.23. The first-order valence-corrected chi connectivity index (χ1v) is 8.70. The van der Waals surface area contributed by atoms with E-state index in [4.69, 9.17) is 9.84 Å². The Morgan fingerprint density at radius 3 is 1.12 bits per heavy atom. The Balaban J connectivity index is 0. The van der Waals surface area contributed by atoms with Gasteiger partial charge in [-0.25, -0.2) is 0 Å². The minimum Gasteiger partial charge on any atom is -0.390 e. The van der Waals surface area contributed by atoms with Gasteiger partial charge in [0.2, 0.25) is 0 Å². The first-order valence-electron chi connectivity index (χ1n) is 8.70. The van der Waals surface area contributed by atoms with E-state index in [1.807, 2.05) is 41.5 Å². The van der Waals surface area contributed by atoms with Gasteiger partial charge in [0.05, 0.1) is 22.2 Å². The number of halogens is 3. The molecule has 0 aromatic rings. The molecule has 2 rings (SSSR count). The van der Waals surface area contributed by atoms with Crippen LogP contribution in [-0.2, 0) is 4.74 Å². The van der Waals surface area contributed by atoms with E-state index >= 15 is 0 Å². The molecule has 0 unspecified atom stereocenters. The average Bonchev–Trinajstić information content (AvgIpc) is 2.38. The third-order valence-corrected chi connectivity index (χ3v) is 4.23. The molecule has 0 radical (unpaired) electrons. The lowest BCUT2D eigenvalue weighted by Crippen LogP contribution is -2.55. The Hall–Kier alpha value is -0.330. The Morgan fingerprint density at radius 2 is 1.04 bits per heavy atom. The Bertz CT molecular complexity index is 347. The largest absolute Gasteiger partial charge is 0.394 e. The monoisotopic (exact) mass is 358 g/mol. The maximum absolute atomic E-state index is 12.1. The number of hydrogen-bond donors (Lipinski definition) is 2. The smallest absolute Gasteiger partial charge is 0.390 e. The molecule has 2 N–H and O–H groups in total. The van der Waals surface area contributed by atoms with Crippen molar-refractivity contribution in [2.24, 2.45) is 5.41 Å². The standard InChI is InChI=1S/C7H11F3O.C7H14O2.2C2H6/c1-5(7(8,9)10)3-6(2,11)4-5;1-6(8)4-7(2,5-6)9-3;2*1-2/h11H,3-4H2,1-2H3;8H,4-5H2,1-3H3;2*1-2H3. The van der Waals surface area contributed by atoms with Crippen LogP contribution in [0.25, 0.3) is 0 Å².